The Kier molecular flexibility index (Phi) is 3.15. The number of rotatable bonds is 3. The molecule has 0 bridgehead atoms. The van der Waals surface area contributed by atoms with Gasteiger partial charge in [0.2, 0.25) is 5.89 Å². The first kappa shape index (κ1) is 12.4. The Hall–Kier alpha value is -1.61. The number of aromatic nitrogens is 1. The molecule has 2 atom stereocenters. The molecule has 19 heavy (non-hydrogen) atoms. The normalized spacial score (nSPS) is 19.4. The summed E-state index contributed by atoms with van der Waals surface area (Å²) in [5.74, 6) is 1.64. The SMILES string of the molecule is Cc1ccc2c(c1)C(NC(C)c1ncc(C)o1)CC2. The molecular formula is C16H20N2O. The van der Waals surface area contributed by atoms with Gasteiger partial charge in [-0.05, 0) is 44.7 Å². The van der Waals surface area contributed by atoms with E-state index in [4.69, 9.17) is 4.42 Å². The van der Waals surface area contributed by atoms with Crippen LogP contribution in [0.1, 0.15) is 53.8 Å². The molecule has 0 radical (unpaired) electrons. The van der Waals surface area contributed by atoms with Crippen molar-refractivity contribution in [3.8, 4) is 0 Å². The molecule has 3 heteroatoms. The highest BCUT2D eigenvalue weighted by molar-refractivity contribution is 5.37. The topological polar surface area (TPSA) is 38.1 Å². The van der Waals surface area contributed by atoms with Crippen molar-refractivity contribution >= 4 is 0 Å². The molecule has 0 aliphatic heterocycles. The molecule has 1 aliphatic rings. The second kappa shape index (κ2) is 4.82. The maximum atomic E-state index is 5.59. The van der Waals surface area contributed by atoms with Crippen molar-refractivity contribution in [3.63, 3.8) is 0 Å². The van der Waals surface area contributed by atoms with Gasteiger partial charge in [-0.15, -0.1) is 0 Å². The van der Waals surface area contributed by atoms with Gasteiger partial charge < -0.3 is 4.42 Å². The van der Waals surface area contributed by atoms with E-state index in [1.54, 1.807) is 6.20 Å². The first-order valence-electron chi connectivity index (χ1n) is 6.91. The third kappa shape index (κ3) is 2.43. The fraction of sp³-hybridized carbons (Fsp3) is 0.438. The Balaban J connectivity index is 1.77. The van der Waals surface area contributed by atoms with Gasteiger partial charge in [-0.1, -0.05) is 23.8 Å². The molecule has 1 N–H and O–H groups in total. The summed E-state index contributed by atoms with van der Waals surface area (Å²) in [5, 5.41) is 3.64. The van der Waals surface area contributed by atoms with Gasteiger partial charge in [-0.3, -0.25) is 5.32 Å². The van der Waals surface area contributed by atoms with Crippen molar-refractivity contribution in [1.29, 1.82) is 0 Å². The van der Waals surface area contributed by atoms with E-state index in [1.165, 1.54) is 16.7 Å². The average molecular weight is 256 g/mol. The number of nitrogens with zero attached hydrogens (tertiary/aromatic N) is 1. The van der Waals surface area contributed by atoms with Crippen molar-refractivity contribution in [2.45, 2.75) is 45.7 Å². The number of hydrogen-bond acceptors (Lipinski definition) is 3. The third-order valence-electron chi connectivity index (χ3n) is 3.84. The van der Waals surface area contributed by atoms with Gasteiger partial charge in [0.1, 0.15) is 5.76 Å². The lowest BCUT2D eigenvalue weighted by Gasteiger charge is -2.18. The lowest BCUT2D eigenvalue weighted by atomic mass is 10.0. The Bertz CT molecular complexity index is 588. The summed E-state index contributed by atoms with van der Waals surface area (Å²) in [6, 6.07) is 7.31. The molecule has 2 aromatic rings. The maximum absolute atomic E-state index is 5.59. The molecule has 0 saturated heterocycles. The van der Waals surface area contributed by atoms with Crippen LogP contribution in [0.15, 0.2) is 28.8 Å². The van der Waals surface area contributed by atoms with Crippen molar-refractivity contribution in [3.05, 3.63) is 52.7 Å². The van der Waals surface area contributed by atoms with Gasteiger partial charge in [0.25, 0.3) is 0 Å². The lowest BCUT2D eigenvalue weighted by molar-refractivity contribution is 0.371. The van der Waals surface area contributed by atoms with Crippen molar-refractivity contribution in [1.82, 2.24) is 10.3 Å². The van der Waals surface area contributed by atoms with E-state index in [1.807, 2.05) is 6.92 Å². The Labute approximate surface area is 114 Å². The van der Waals surface area contributed by atoms with E-state index in [2.05, 4.69) is 42.3 Å². The third-order valence-corrected chi connectivity index (χ3v) is 3.84. The molecule has 100 valence electrons. The fourth-order valence-corrected chi connectivity index (χ4v) is 2.84. The number of benzene rings is 1. The average Bonchev–Trinajstić information content (AvgIpc) is 2.97. The monoisotopic (exact) mass is 256 g/mol. The first-order valence-corrected chi connectivity index (χ1v) is 6.91. The summed E-state index contributed by atoms with van der Waals surface area (Å²) in [6.07, 6.45) is 4.09. The van der Waals surface area contributed by atoms with Crippen LogP contribution in [0.2, 0.25) is 0 Å². The van der Waals surface area contributed by atoms with Crippen LogP contribution >= 0.6 is 0 Å². The molecule has 0 saturated carbocycles. The second-order valence-electron chi connectivity index (χ2n) is 5.49. The minimum absolute atomic E-state index is 0.144. The van der Waals surface area contributed by atoms with Crippen LogP contribution in [0.4, 0.5) is 0 Å². The van der Waals surface area contributed by atoms with E-state index in [-0.39, 0.29) is 6.04 Å². The van der Waals surface area contributed by atoms with Crippen LogP contribution in [-0.2, 0) is 6.42 Å². The van der Waals surface area contributed by atoms with Gasteiger partial charge in [0.05, 0.1) is 12.2 Å². The van der Waals surface area contributed by atoms with Gasteiger partial charge in [-0.2, -0.15) is 0 Å². The summed E-state index contributed by atoms with van der Waals surface area (Å²) in [7, 11) is 0. The highest BCUT2D eigenvalue weighted by Gasteiger charge is 2.25. The van der Waals surface area contributed by atoms with E-state index in [0.717, 1.165) is 24.5 Å². The molecular weight excluding hydrogens is 236 g/mol. The summed E-state index contributed by atoms with van der Waals surface area (Å²) in [4.78, 5) is 4.30. The van der Waals surface area contributed by atoms with E-state index < -0.39 is 0 Å². The van der Waals surface area contributed by atoms with E-state index in [9.17, 15) is 0 Å². The number of aryl methyl sites for hydroxylation is 3. The largest absolute Gasteiger partial charge is 0.444 e. The van der Waals surface area contributed by atoms with Crippen LogP contribution in [0, 0.1) is 13.8 Å². The Morgan fingerprint density at radius 1 is 1.37 bits per heavy atom. The molecule has 0 fully saturated rings. The smallest absolute Gasteiger partial charge is 0.211 e. The maximum Gasteiger partial charge on any atom is 0.211 e. The first-order chi connectivity index (χ1) is 9.13. The van der Waals surface area contributed by atoms with E-state index in [0.29, 0.717) is 6.04 Å². The quantitative estimate of drug-likeness (QED) is 0.911. The Morgan fingerprint density at radius 2 is 2.21 bits per heavy atom. The van der Waals surface area contributed by atoms with Gasteiger partial charge in [-0.25, -0.2) is 4.98 Å². The highest BCUT2D eigenvalue weighted by Crippen LogP contribution is 2.33. The molecule has 0 spiro atoms. The lowest BCUT2D eigenvalue weighted by Crippen LogP contribution is -2.23. The zero-order valence-electron chi connectivity index (χ0n) is 11.7. The standard InChI is InChI=1S/C16H20N2O/c1-10-4-5-13-6-7-15(14(13)8-10)18-12(3)16-17-9-11(2)19-16/h4-5,8-9,12,15,18H,6-7H2,1-3H3. The summed E-state index contributed by atoms with van der Waals surface area (Å²) < 4.78 is 5.59. The second-order valence-corrected chi connectivity index (χ2v) is 5.49. The molecule has 1 aromatic carbocycles. The van der Waals surface area contributed by atoms with Crippen LogP contribution in [0.25, 0.3) is 0 Å². The fourth-order valence-electron chi connectivity index (χ4n) is 2.84. The van der Waals surface area contributed by atoms with Crippen LogP contribution in [-0.4, -0.2) is 4.98 Å². The predicted molar refractivity (Wildman–Crippen MR) is 75.0 cm³/mol. The Morgan fingerprint density at radius 3 is 2.95 bits per heavy atom. The number of oxazole rings is 1. The van der Waals surface area contributed by atoms with Crippen molar-refractivity contribution in [2.24, 2.45) is 0 Å². The molecule has 1 heterocycles. The number of fused-ring (bicyclic) bond motifs is 1. The van der Waals surface area contributed by atoms with Gasteiger partial charge in [0, 0.05) is 6.04 Å². The molecule has 2 unspecified atom stereocenters. The van der Waals surface area contributed by atoms with Crippen LogP contribution in [0.5, 0.6) is 0 Å². The van der Waals surface area contributed by atoms with E-state index >= 15 is 0 Å². The van der Waals surface area contributed by atoms with Crippen molar-refractivity contribution in [2.75, 3.05) is 0 Å². The molecule has 0 amide bonds. The van der Waals surface area contributed by atoms with Crippen molar-refractivity contribution < 1.29 is 4.42 Å². The molecule has 3 rings (SSSR count). The molecule has 1 aliphatic carbocycles. The number of hydrogen-bond donors (Lipinski definition) is 1. The van der Waals surface area contributed by atoms with Gasteiger partial charge in [0.15, 0.2) is 0 Å². The summed E-state index contributed by atoms with van der Waals surface area (Å²) in [6.45, 7) is 6.19. The molecule has 1 aromatic heterocycles. The minimum atomic E-state index is 0.144. The minimum Gasteiger partial charge on any atom is -0.444 e. The van der Waals surface area contributed by atoms with Crippen LogP contribution in [0.3, 0.4) is 0 Å². The zero-order chi connectivity index (χ0) is 13.4. The number of nitrogens with one attached hydrogen (secondary N) is 1. The highest BCUT2D eigenvalue weighted by atomic mass is 16.4. The van der Waals surface area contributed by atoms with Crippen LogP contribution < -0.4 is 5.32 Å². The predicted octanol–water partition coefficient (Wildman–Crippen LogP) is 3.63. The zero-order valence-corrected chi connectivity index (χ0v) is 11.7. The van der Waals surface area contributed by atoms with Gasteiger partial charge >= 0.3 is 0 Å². The summed E-state index contributed by atoms with van der Waals surface area (Å²) >= 11 is 0. The summed E-state index contributed by atoms with van der Waals surface area (Å²) in [5.41, 5.74) is 4.24. The molecule has 3 nitrogen and oxygen atoms in total.